The van der Waals surface area contributed by atoms with Crippen molar-refractivity contribution in [1.29, 1.82) is 0 Å². The minimum atomic E-state index is -2.96. The molecule has 4 aliphatic rings. The molecule has 1 aliphatic carbocycles. The smallest absolute Gasteiger partial charge is 0.284 e. The second-order valence-corrected chi connectivity index (χ2v) is 16.7. The second-order valence-electron chi connectivity index (χ2n) is 16.7. The molecule has 19 nitrogen and oxygen atoms in total. The van der Waals surface area contributed by atoms with Crippen LogP contribution < -0.4 is 26.6 Å². The van der Waals surface area contributed by atoms with Crippen molar-refractivity contribution in [1.82, 2.24) is 40.5 Å². The zero-order chi connectivity index (χ0) is 47.7. The van der Waals surface area contributed by atoms with Crippen LogP contribution in [0, 0.1) is 5.92 Å². The van der Waals surface area contributed by atoms with E-state index in [4.69, 9.17) is 13.9 Å². The number of amides is 5. The molecule has 8 rings (SSSR count). The Bertz CT molecular complexity index is 2590. The number of carbonyl (C=O) groups is 5. The maximum absolute atomic E-state index is 14.1. The first-order valence-corrected chi connectivity index (χ1v) is 22.5. The van der Waals surface area contributed by atoms with Crippen molar-refractivity contribution in [3.8, 4) is 5.69 Å². The topological polar surface area (TPSA) is 227 Å². The maximum Gasteiger partial charge on any atom is 0.284 e. The lowest BCUT2D eigenvalue weighted by Crippen LogP contribution is -2.54. The third kappa shape index (κ3) is 11.4. The summed E-state index contributed by atoms with van der Waals surface area (Å²) in [5.41, 5.74) is 2.05. The van der Waals surface area contributed by atoms with E-state index < -0.39 is 47.7 Å². The zero-order valence-corrected chi connectivity index (χ0v) is 37.5. The van der Waals surface area contributed by atoms with Gasteiger partial charge in [0.25, 0.3) is 24.1 Å². The Hall–Kier alpha value is -6.94. The largest absolute Gasteiger partial charge is 0.444 e. The standard InChI is InChI=1S/C47H53F2N11O8/c1-3-30(21-38(50-2)53-23-29-7-8-29)45-55-36(27-68-45)43(62)54-35-26-59(57-41(35)42(48)49)31-11-9-28(10-12-31)22-51-24-32-25-58(17-20-67-32)16-19-66-18-15-52-34-6-4-5-33-40(34)47(65)60(46(33)64)37-13-14-39(61)56-44(37)63/h3-6,9-12,21,26-27,29,32,37,42,51-53H,2,7-8,13-20,22-25H2,1H3,(H,54,62)(H,56,61,63)/b30-3+,38-21+/t32-,37?/m1/s1. The van der Waals surface area contributed by atoms with E-state index in [1.54, 1.807) is 49.4 Å². The van der Waals surface area contributed by atoms with Crippen molar-refractivity contribution >= 4 is 53.2 Å². The summed E-state index contributed by atoms with van der Waals surface area (Å²) in [5, 5.41) is 18.6. The number of aliphatic imine (C=N–C) groups is 1. The van der Waals surface area contributed by atoms with Crippen LogP contribution in [0.5, 0.6) is 0 Å². The fraction of sp³-hybridized carbons (Fsp3) is 0.404. The number of hydrogen-bond acceptors (Lipinski definition) is 15. The summed E-state index contributed by atoms with van der Waals surface area (Å²) in [6.45, 7) is 11.2. The number of benzene rings is 2. The predicted octanol–water partition coefficient (Wildman–Crippen LogP) is 4.32. The van der Waals surface area contributed by atoms with Crippen molar-refractivity contribution in [2.45, 2.75) is 57.7 Å². The van der Waals surface area contributed by atoms with E-state index >= 15 is 0 Å². The van der Waals surface area contributed by atoms with Crippen LogP contribution in [0.1, 0.15) is 87.4 Å². The highest BCUT2D eigenvalue weighted by atomic mass is 19.3. The van der Waals surface area contributed by atoms with Crippen LogP contribution >= 0.6 is 0 Å². The number of nitrogens with zero attached hydrogens (tertiary/aromatic N) is 6. The lowest BCUT2D eigenvalue weighted by Gasteiger charge is -2.33. The van der Waals surface area contributed by atoms with Crippen LogP contribution in [0.4, 0.5) is 20.2 Å². The maximum atomic E-state index is 14.1. The molecule has 5 N–H and O–H groups in total. The van der Waals surface area contributed by atoms with E-state index in [1.165, 1.54) is 23.7 Å². The van der Waals surface area contributed by atoms with E-state index in [1.807, 2.05) is 12.1 Å². The van der Waals surface area contributed by atoms with Gasteiger partial charge in [-0.15, -0.1) is 0 Å². The molecule has 0 spiro atoms. The lowest BCUT2D eigenvalue weighted by molar-refractivity contribution is -0.136. The molecule has 5 heterocycles. The Kier molecular flexibility index (Phi) is 15.2. The molecule has 2 saturated heterocycles. The number of halogens is 2. The van der Waals surface area contributed by atoms with Gasteiger partial charge >= 0.3 is 0 Å². The first-order valence-electron chi connectivity index (χ1n) is 22.5. The Morgan fingerprint density at radius 1 is 1.06 bits per heavy atom. The molecular weight excluding hydrogens is 885 g/mol. The summed E-state index contributed by atoms with van der Waals surface area (Å²) in [6.07, 6.45) is 5.42. The summed E-state index contributed by atoms with van der Waals surface area (Å²) >= 11 is 0. The van der Waals surface area contributed by atoms with Gasteiger partial charge in [0.2, 0.25) is 17.7 Å². The number of piperidine rings is 1. The molecule has 358 valence electrons. The highest BCUT2D eigenvalue weighted by Crippen LogP contribution is 2.33. The molecule has 3 aliphatic heterocycles. The SMILES string of the molecule is C=N/C(=C\C(=C/C)c1nc(C(=O)Nc2cn(-c3ccc(CNC[C@@H]4CN(CCOCCNc5cccc6c5C(=O)N(C5CCC(=O)NC5=O)C6=O)CCO4)cc3)nc2C(F)F)co1)NCC1CC1. The minimum Gasteiger partial charge on any atom is -0.444 e. The zero-order valence-electron chi connectivity index (χ0n) is 37.5. The third-order valence-corrected chi connectivity index (χ3v) is 11.9. The van der Waals surface area contributed by atoms with Crippen LogP contribution in [0.15, 0.2) is 82.3 Å². The average molecular weight is 938 g/mol. The molecule has 0 radical (unpaired) electrons. The molecule has 2 atom stereocenters. The normalized spacial score (nSPS) is 19.1. The molecule has 5 amide bonds. The Morgan fingerprint density at radius 2 is 1.88 bits per heavy atom. The van der Waals surface area contributed by atoms with Crippen LogP contribution in [-0.2, 0) is 25.6 Å². The number of allylic oxidation sites excluding steroid dienone is 3. The van der Waals surface area contributed by atoms with Crippen LogP contribution in [-0.4, -0.2) is 132 Å². The fourth-order valence-electron chi connectivity index (χ4n) is 8.08. The summed E-state index contributed by atoms with van der Waals surface area (Å²) in [7, 11) is 0. The van der Waals surface area contributed by atoms with E-state index in [9.17, 15) is 32.8 Å². The Labute approximate surface area is 390 Å². The number of carbonyl (C=O) groups excluding carboxylic acids is 5. The van der Waals surface area contributed by atoms with Crippen LogP contribution in [0.2, 0.25) is 0 Å². The molecule has 68 heavy (non-hydrogen) atoms. The van der Waals surface area contributed by atoms with Gasteiger partial charge in [-0.2, -0.15) is 5.10 Å². The fourth-order valence-corrected chi connectivity index (χ4v) is 8.08. The number of morpholine rings is 1. The third-order valence-electron chi connectivity index (χ3n) is 11.9. The van der Waals surface area contributed by atoms with Crippen molar-refractivity contribution in [2.75, 3.05) is 69.7 Å². The van der Waals surface area contributed by atoms with Crippen molar-refractivity contribution in [2.24, 2.45) is 10.9 Å². The Balaban J connectivity index is 0.755. The van der Waals surface area contributed by atoms with Gasteiger partial charge in [0, 0.05) is 63.5 Å². The number of rotatable bonds is 22. The van der Waals surface area contributed by atoms with Gasteiger partial charge in [-0.05, 0) is 74.7 Å². The van der Waals surface area contributed by atoms with E-state index in [-0.39, 0.29) is 47.3 Å². The Morgan fingerprint density at radius 3 is 2.63 bits per heavy atom. The first-order chi connectivity index (χ1) is 33.0. The number of imide groups is 2. The second kappa shape index (κ2) is 21.8. The van der Waals surface area contributed by atoms with Gasteiger partial charge in [0.1, 0.15) is 18.1 Å². The summed E-state index contributed by atoms with van der Waals surface area (Å²) < 4.78 is 47.0. The van der Waals surface area contributed by atoms with Crippen molar-refractivity contribution in [3.05, 3.63) is 107 Å². The van der Waals surface area contributed by atoms with Gasteiger partial charge in [-0.25, -0.2) is 23.4 Å². The summed E-state index contributed by atoms with van der Waals surface area (Å²) in [4.78, 5) is 75.2. The molecule has 1 unspecified atom stereocenters. The van der Waals surface area contributed by atoms with E-state index in [0.717, 1.165) is 29.8 Å². The average Bonchev–Trinajstić information content (AvgIpc) is 3.74. The van der Waals surface area contributed by atoms with Gasteiger partial charge in [0.15, 0.2) is 11.4 Å². The highest BCUT2D eigenvalue weighted by molar-refractivity contribution is 6.25. The van der Waals surface area contributed by atoms with E-state index in [2.05, 4.69) is 53.3 Å². The van der Waals surface area contributed by atoms with Crippen molar-refractivity contribution < 1.29 is 46.6 Å². The number of hydrogen-bond donors (Lipinski definition) is 5. The molecule has 4 aromatic rings. The quantitative estimate of drug-likeness (QED) is 0.0321. The van der Waals surface area contributed by atoms with Gasteiger partial charge in [0.05, 0.1) is 54.6 Å². The molecule has 21 heteroatoms. The number of ether oxygens (including phenoxy) is 2. The molecule has 2 aromatic carbocycles. The number of fused-ring (bicyclic) bond motifs is 1. The lowest BCUT2D eigenvalue weighted by atomic mass is 10.0. The molecule has 1 saturated carbocycles. The van der Waals surface area contributed by atoms with Gasteiger partial charge in [-0.3, -0.25) is 39.1 Å². The number of alkyl halides is 2. The number of aromatic nitrogens is 3. The predicted molar refractivity (Wildman–Crippen MR) is 245 cm³/mol. The molecular formula is C47H53F2N11O8. The molecule has 3 fully saturated rings. The molecule has 0 bridgehead atoms. The molecule has 2 aromatic heterocycles. The monoisotopic (exact) mass is 937 g/mol. The van der Waals surface area contributed by atoms with Crippen LogP contribution in [0.3, 0.4) is 0 Å². The number of nitrogens with one attached hydrogen (secondary N) is 5. The van der Waals surface area contributed by atoms with Gasteiger partial charge in [-0.1, -0.05) is 24.3 Å². The minimum absolute atomic E-state index is 0.0480. The van der Waals surface area contributed by atoms with Gasteiger partial charge < -0.3 is 35.2 Å². The summed E-state index contributed by atoms with van der Waals surface area (Å²) in [5.74, 6) is -1.65. The first kappa shape index (κ1) is 47.5. The highest BCUT2D eigenvalue weighted by Gasteiger charge is 2.45. The van der Waals surface area contributed by atoms with Crippen molar-refractivity contribution in [3.63, 3.8) is 0 Å². The summed E-state index contributed by atoms with van der Waals surface area (Å²) in [6, 6.07) is 11.1. The number of oxazole rings is 1. The van der Waals surface area contributed by atoms with E-state index in [0.29, 0.717) is 81.2 Å². The van der Waals surface area contributed by atoms with Crippen LogP contribution in [0.25, 0.3) is 11.3 Å². The number of anilines is 2.